The highest BCUT2D eigenvalue weighted by Gasteiger charge is 2.12. The molecule has 2 aromatic carbocycles. The van der Waals surface area contributed by atoms with Crippen LogP contribution in [0.3, 0.4) is 0 Å². The van der Waals surface area contributed by atoms with Crippen LogP contribution in [0.1, 0.15) is 11.3 Å². The van der Waals surface area contributed by atoms with Crippen LogP contribution < -0.4 is 20.2 Å². The maximum Gasteiger partial charge on any atom is 0.329 e. The summed E-state index contributed by atoms with van der Waals surface area (Å²) in [4.78, 5) is 23.8. The first-order valence-corrected chi connectivity index (χ1v) is 10.1. The van der Waals surface area contributed by atoms with Gasteiger partial charge in [-0.3, -0.25) is 9.59 Å². The molecular formula is C23H22ClN3O5. The molecule has 1 aromatic heterocycles. The first-order valence-electron chi connectivity index (χ1n) is 9.68. The van der Waals surface area contributed by atoms with Gasteiger partial charge in [-0.2, -0.15) is 5.10 Å². The molecule has 9 heteroatoms. The summed E-state index contributed by atoms with van der Waals surface area (Å²) in [5, 5.41) is 6.90. The number of benzene rings is 2. The molecule has 0 spiro atoms. The van der Waals surface area contributed by atoms with Crippen molar-refractivity contribution >= 4 is 29.6 Å². The highest BCUT2D eigenvalue weighted by Crippen LogP contribution is 2.27. The van der Waals surface area contributed by atoms with E-state index in [0.717, 1.165) is 11.1 Å². The number of nitrogens with zero attached hydrogens (tertiary/aromatic N) is 1. The van der Waals surface area contributed by atoms with Gasteiger partial charge in [0.05, 0.1) is 20.4 Å². The molecule has 0 saturated heterocycles. The zero-order valence-electron chi connectivity index (χ0n) is 17.6. The Balaban J connectivity index is 1.46. The van der Waals surface area contributed by atoms with Crippen LogP contribution in [0.5, 0.6) is 11.5 Å². The van der Waals surface area contributed by atoms with Crippen molar-refractivity contribution in [3.63, 3.8) is 0 Å². The number of carbonyl (C=O) groups excluding carboxylic acids is 2. The molecule has 0 saturated carbocycles. The van der Waals surface area contributed by atoms with Crippen LogP contribution in [0.2, 0.25) is 5.02 Å². The number of carbonyl (C=O) groups is 2. The Morgan fingerprint density at radius 2 is 1.84 bits per heavy atom. The molecule has 32 heavy (non-hydrogen) atoms. The van der Waals surface area contributed by atoms with Gasteiger partial charge in [-0.1, -0.05) is 29.8 Å². The van der Waals surface area contributed by atoms with Gasteiger partial charge in [-0.05, 0) is 48.4 Å². The van der Waals surface area contributed by atoms with Crippen LogP contribution in [0.15, 0.2) is 64.1 Å². The van der Waals surface area contributed by atoms with Gasteiger partial charge in [0.2, 0.25) is 0 Å². The first kappa shape index (κ1) is 22.9. The SMILES string of the molecule is COc1ccc(CCNC(=O)C(=O)N/N=C/c2ccc(-c3cccc(Cl)c3)o2)cc1OC. The number of halogens is 1. The normalized spacial score (nSPS) is 10.7. The summed E-state index contributed by atoms with van der Waals surface area (Å²) in [5.74, 6) is 0.563. The van der Waals surface area contributed by atoms with Gasteiger partial charge in [-0.25, -0.2) is 5.43 Å². The van der Waals surface area contributed by atoms with Gasteiger partial charge in [0.15, 0.2) is 11.5 Å². The van der Waals surface area contributed by atoms with E-state index in [-0.39, 0.29) is 6.54 Å². The molecule has 166 valence electrons. The highest BCUT2D eigenvalue weighted by molar-refractivity contribution is 6.35. The lowest BCUT2D eigenvalue weighted by Gasteiger charge is -2.09. The third-order valence-corrected chi connectivity index (χ3v) is 4.68. The summed E-state index contributed by atoms with van der Waals surface area (Å²) in [6.07, 6.45) is 1.82. The number of methoxy groups -OCH3 is 2. The van der Waals surface area contributed by atoms with Gasteiger partial charge >= 0.3 is 11.8 Å². The lowest BCUT2D eigenvalue weighted by atomic mass is 10.1. The van der Waals surface area contributed by atoms with Crippen molar-refractivity contribution in [1.82, 2.24) is 10.7 Å². The van der Waals surface area contributed by atoms with E-state index < -0.39 is 11.8 Å². The third-order valence-electron chi connectivity index (χ3n) is 4.45. The Hall–Kier alpha value is -3.78. The Morgan fingerprint density at radius 3 is 2.59 bits per heavy atom. The van der Waals surface area contributed by atoms with E-state index >= 15 is 0 Å². The van der Waals surface area contributed by atoms with Crippen LogP contribution in [-0.2, 0) is 16.0 Å². The standard InChI is InChI=1S/C23H22ClN3O5/c1-30-20-8-6-15(12-21(20)31-2)10-11-25-22(28)23(29)27-26-14-18-7-9-19(32-18)16-4-3-5-17(24)13-16/h3-9,12-14H,10-11H2,1-2H3,(H,25,28)(H,27,29)/b26-14+. The molecular weight excluding hydrogens is 434 g/mol. The minimum absolute atomic E-state index is 0.270. The van der Waals surface area contributed by atoms with Crippen molar-refractivity contribution in [1.29, 1.82) is 0 Å². The third kappa shape index (κ3) is 6.12. The number of furan rings is 1. The molecule has 8 nitrogen and oxygen atoms in total. The lowest BCUT2D eigenvalue weighted by molar-refractivity contribution is -0.139. The average molecular weight is 456 g/mol. The van der Waals surface area contributed by atoms with E-state index in [9.17, 15) is 9.59 Å². The van der Waals surface area contributed by atoms with Crippen LogP contribution in [-0.4, -0.2) is 38.8 Å². The predicted octanol–water partition coefficient (Wildman–Crippen LogP) is 3.43. The molecule has 0 unspecified atom stereocenters. The van der Waals surface area contributed by atoms with Crippen molar-refractivity contribution in [3.05, 3.63) is 70.9 Å². The Labute approximate surface area is 190 Å². The smallest absolute Gasteiger partial charge is 0.329 e. The minimum atomic E-state index is -0.879. The second kappa shape index (κ2) is 11.0. The molecule has 0 aliphatic heterocycles. The van der Waals surface area contributed by atoms with Crippen LogP contribution in [0.25, 0.3) is 11.3 Å². The molecule has 0 aliphatic carbocycles. The summed E-state index contributed by atoms with van der Waals surface area (Å²) >= 11 is 5.98. The van der Waals surface area contributed by atoms with E-state index in [1.54, 1.807) is 44.6 Å². The number of ether oxygens (including phenoxy) is 2. The maximum absolute atomic E-state index is 11.9. The molecule has 0 atom stereocenters. The van der Waals surface area contributed by atoms with Gasteiger partial charge < -0.3 is 19.2 Å². The van der Waals surface area contributed by atoms with Crippen LogP contribution in [0.4, 0.5) is 0 Å². The van der Waals surface area contributed by atoms with E-state index in [0.29, 0.717) is 34.5 Å². The van der Waals surface area contributed by atoms with Gasteiger partial charge in [0.25, 0.3) is 0 Å². The monoisotopic (exact) mass is 455 g/mol. The van der Waals surface area contributed by atoms with Gasteiger partial charge in [-0.15, -0.1) is 0 Å². The summed E-state index contributed by atoms with van der Waals surface area (Å²) in [7, 11) is 3.11. The zero-order chi connectivity index (χ0) is 22.9. The maximum atomic E-state index is 11.9. The number of hydrazone groups is 1. The summed E-state index contributed by atoms with van der Waals surface area (Å²) in [6.45, 7) is 0.270. The highest BCUT2D eigenvalue weighted by atomic mass is 35.5. The number of hydrogen-bond acceptors (Lipinski definition) is 6. The fourth-order valence-electron chi connectivity index (χ4n) is 2.86. The van der Waals surface area contributed by atoms with Crippen molar-refractivity contribution in [2.45, 2.75) is 6.42 Å². The van der Waals surface area contributed by atoms with Crippen molar-refractivity contribution in [2.24, 2.45) is 5.10 Å². The Morgan fingerprint density at radius 1 is 1.03 bits per heavy atom. The number of amides is 2. The van der Waals surface area contributed by atoms with Crippen LogP contribution in [0, 0.1) is 0 Å². The van der Waals surface area contributed by atoms with E-state index in [1.807, 2.05) is 24.3 Å². The topological polar surface area (TPSA) is 102 Å². The lowest BCUT2D eigenvalue weighted by Crippen LogP contribution is -2.38. The number of hydrogen-bond donors (Lipinski definition) is 2. The summed E-state index contributed by atoms with van der Waals surface area (Å²) in [6, 6.07) is 16.1. The summed E-state index contributed by atoms with van der Waals surface area (Å²) in [5.41, 5.74) is 3.91. The molecule has 0 aliphatic rings. The zero-order valence-corrected chi connectivity index (χ0v) is 18.3. The van der Waals surface area contributed by atoms with E-state index in [4.69, 9.17) is 25.5 Å². The van der Waals surface area contributed by atoms with Crippen molar-refractivity contribution in [3.8, 4) is 22.8 Å². The van der Waals surface area contributed by atoms with Gasteiger partial charge in [0.1, 0.15) is 11.5 Å². The summed E-state index contributed by atoms with van der Waals surface area (Å²) < 4.78 is 16.1. The second-order valence-electron chi connectivity index (χ2n) is 6.61. The largest absolute Gasteiger partial charge is 0.493 e. The predicted molar refractivity (Wildman–Crippen MR) is 121 cm³/mol. The molecule has 0 fully saturated rings. The molecule has 3 aromatic rings. The molecule has 1 heterocycles. The molecule has 0 radical (unpaired) electrons. The fourth-order valence-corrected chi connectivity index (χ4v) is 3.05. The van der Waals surface area contributed by atoms with Crippen molar-refractivity contribution < 1.29 is 23.5 Å². The Bertz CT molecular complexity index is 1130. The second-order valence-corrected chi connectivity index (χ2v) is 7.04. The van der Waals surface area contributed by atoms with Gasteiger partial charge in [0, 0.05) is 17.1 Å². The molecule has 2 N–H and O–H groups in total. The quantitative estimate of drug-likeness (QED) is 0.308. The first-order chi connectivity index (χ1) is 15.5. The molecule has 3 rings (SSSR count). The molecule has 0 bridgehead atoms. The fraction of sp³-hybridized carbons (Fsp3) is 0.174. The molecule has 2 amide bonds. The van der Waals surface area contributed by atoms with Crippen LogP contribution >= 0.6 is 11.6 Å². The Kier molecular flexibility index (Phi) is 7.88. The minimum Gasteiger partial charge on any atom is -0.493 e. The van der Waals surface area contributed by atoms with E-state index in [1.165, 1.54) is 6.21 Å². The average Bonchev–Trinajstić information content (AvgIpc) is 3.27. The van der Waals surface area contributed by atoms with Crippen molar-refractivity contribution in [2.75, 3.05) is 20.8 Å². The van der Waals surface area contributed by atoms with E-state index in [2.05, 4.69) is 15.8 Å². The number of nitrogens with one attached hydrogen (secondary N) is 2. The number of rotatable bonds is 8.